The molecule has 1 amide bonds. The molecule has 3 nitrogen and oxygen atoms in total. The second-order valence-electron chi connectivity index (χ2n) is 4.04. The third-order valence-electron chi connectivity index (χ3n) is 2.95. The van der Waals surface area contributed by atoms with Crippen molar-refractivity contribution in [2.75, 3.05) is 6.54 Å². The van der Waals surface area contributed by atoms with Gasteiger partial charge in [0.05, 0.1) is 16.6 Å². The molecule has 1 aliphatic heterocycles. The summed E-state index contributed by atoms with van der Waals surface area (Å²) in [4.78, 5) is 14.6. The highest BCUT2D eigenvalue weighted by molar-refractivity contribution is 14.1. The molecule has 17 heavy (non-hydrogen) atoms. The van der Waals surface area contributed by atoms with E-state index in [4.69, 9.17) is 18.0 Å². The van der Waals surface area contributed by atoms with Crippen LogP contribution in [0.4, 0.5) is 0 Å². The molecule has 0 aromatic heterocycles. The summed E-state index contributed by atoms with van der Waals surface area (Å²) in [5, 5.41) is 0. The van der Waals surface area contributed by atoms with E-state index in [9.17, 15) is 4.79 Å². The molecule has 0 spiro atoms. The third kappa shape index (κ3) is 2.60. The lowest BCUT2D eigenvalue weighted by atomic mass is 10.1. The number of likely N-dealkylation sites (tertiary alicyclic amines) is 1. The molecule has 0 saturated carbocycles. The Balaban J connectivity index is 2.26. The predicted molar refractivity (Wildman–Crippen MR) is 80.0 cm³/mol. The molecule has 1 saturated heterocycles. The number of nitrogens with two attached hydrogens (primary N) is 1. The Labute approximate surface area is 119 Å². The minimum atomic E-state index is -0.0755. The fraction of sp³-hybridized carbons (Fsp3) is 0.333. The van der Waals surface area contributed by atoms with Crippen molar-refractivity contribution in [2.24, 2.45) is 5.73 Å². The normalized spacial score (nSPS) is 19.4. The second kappa shape index (κ2) is 5.30. The second-order valence-corrected chi connectivity index (χ2v) is 5.67. The van der Waals surface area contributed by atoms with Crippen LogP contribution < -0.4 is 5.73 Å². The smallest absolute Gasteiger partial charge is 0.255 e. The van der Waals surface area contributed by atoms with Crippen molar-refractivity contribution in [3.63, 3.8) is 0 Å². The summed E-state index contributed by atoms with van der Waals surface area (Å²) >= 11 is 7.19. The van der Waals surface area contributed by atoms with Crippen molar-refractivity contribution in [1.29, 1.82) is 0 Å². The topological polar surface area (TPSA) is 46.3 Å². The zero-order chi connectivity index (χ0) is 12.4. The monoisotopic (exact) mass is 360 g/mol. The molecule has 1 aliphatic rings. The molecular formula is C12H13IN2OS. The van der Waals surface area contributed by atoms with Crippen LogP contribution in [0.3, 0.4) is 0 Å². The molecule has 90 valence electrons. The van der Waals surface area contributed by atoms with Gasteiger partial charge in [-0.05, 0) is 47.6 Å². The van der Waals surface area contributed by atoms with Gasteiger partial charge >= 0.3 is 0 Å². The lowest BCUT2D eigenvalue weighted by Gasteiger charge is -2.24. The van der Waals surface area contributed by atoms with Gasteiger partial charge in [-0.3, -0.25) is 4.79 Å². The zero-order valence-electron chi connectivity index (χ0n) is 9.23. The Hall–Kier alpha value is -0.690. The van der Waals surface area contributed by atoms with Crippen LogP contribution in [0.1, 0.15) is 23.2 Å². The molecule has 0 bridgehead atoms. The van der Waals surface area contributed by atoms with Crippen LogP contribution in [-0.2, 0) is 0 Å². The number of hydrogen-bond acceptors (Lipinski definition) is 2. The van der Waals surface area contributed by atoms with Gasteiger partial charge in [-0.1, -0.05) is 24.4 Å². The molecule has 0 radical (unpaired) electrons. The maximum atomic E-state index is 12.4. The van der Waals surface area contributed by atoms with Crippen molar-refractivity contribution in [1.82, 2.24) is 4.90 Å². The van der Waals surface area contributed by atoms with E-state index in [0.717, 1.165) is 28.5 Å². The van der Waals surface area contributed by atoms with Crippen LogP contribution in [0.5, 0.6) is 0 Å². The number of thiocarbonyl (C=S) groups is 1. The van der Waals surface area contributed by atoms with Gasteiger partial charge in [0, 0.05) is 10.1 Å². The van der Waals surface area contributed by atoms with Crippen molar-refractivity contribution in [3.8, 4) is 0 Å². The van der Waals surface area contributed by atoms with Gasteiger partial charge < -0.3 is 10.6 Å². The molecule has 2 N–H and O–H groups in total. The van der Waals surface area contributed by atoms with Crippen molar-refractivity contribution < 1.29 is 4.79 Å². The summed E-state index contributed by atoms with van der Waals surface area (Å²) in [6, 6.07) is 7.50. The number of benzene rings is 1. The molecule has 1 aromatic rings. The summed E-state index contributed by atoms with van der Waals surface area (Å²) in [7, 11) is 0. The van der Waals surface area contributed by atoms with E-state index in [1.165, 1.54) is 0 Å². The summed E-state index contributed by atoms with van der Waals surface area (Å²) < 4.78 is 0.962. The Morgan fingerprint density at radius 2 is 2.18 bits per heavy atom. The first kappa shape index (κ1) is 12.8. The first-order valence-corrected chi connectivity index (χ1v) is 6.95. The standard InChI is InChI=1S/C12H13IN2OS/c13-9-5-2-1-4-8(9)12(16)15-7-3-6-10(15)11(14)17/h1-2,4-5,10H,3,6-7H2,(H2,14,17). The highest BCUT2D eigenvalue weighted by Gasteiger charge is 2.31. The zero-order valence-corrected chi connectivity index (χ0v) is 12.2. The SMILES string of the molecule is NC(=S)C1CCCN1C(=O)c1ccccc1I. The number of halogens is 1. The fourth-order valence-electron chi connectivity index (χ4n) is 2.09. The van der Waals surface area contributed by atoms with Crippen LogP contribution in [0, 0.1) is 3.57 Å². The average molecular weight is 360 g/mol. The number of nitrogens with zero attached hydrogens (tertiary/aromatic N) is 1. The minimum absolute atomic E-state index is 0.0327. The summed E-state index contributed by atoms with van der Waals surface area (Å²) in [6.07, 6.45) is 1.85. The Morgan fingerprint density at radius 3 is 2.82 bits per heavy atom. The van der Waals surface area contributed by atoms with Crippen LogP contribution >= 0.6 is 34.8 Å². The average Bonchev–Trinajstić information content (AvgIpc) is 2.77. The summed E-state index contributed by atoms with van der Waals surface area (Å²) in [5.41, 5.74) is 6.41. The number of carbonyl (C=O) groups excluding carboxylic acids is 1. The quantitative estimate of drug-likeness (QED) is 0.650. The predicted octanol–water partition coefficient (Wildman–Crippen LogP) is 2.18. The van der Waals surface area contributed by atoms with Crippen molar-refractivity contribution >= 4 is 45.7 Å². The molecule has 1 aromatic carbocycles. The molecule has 5 heteroatoms. The fourth-order valence-corrected chi connectivity index (χ4v) is 2.96. The maximum absolute atomic E-state index is 12.4. The maximum Gasteiger partial charge on any atom is 0.255 e. The van der Waals surface area contributed by atoms with Gasteiger partial charge in [0.1, 0.15) is 0 Å². The largest absolute Gasteiger partial charge is 0.392 e. The van der Waals surface area contributed by atoms with Crippen LogP contribution in [0.15, 0.2) is 24.3 Å². The summed E-state index contributed by atoms with van der Waals surface area (Å²) in [5.74, 6) is 0.0327. The Morgan fingerprint density at radius 1 is 1.47 bits per heavy atom. The number of hydrogen-bond donors (Lipinski definition) is 1. The lowest BCUT2D eigenvalue weighted by molar-refractivity contribution is 0.0769. The molecule has 1 fully saturated rings. The Kier molecular flexibility index (Phi) is 3.98. The minimum Gasteiger partial charge on any atom is -0.392 e. The molecule has 1 heterocycles. The van der Waals surface area contributed by atoms with Gasteiger partial charge in [-0.2, -0.15) is 0 Å². The van der Waals surface area contributed by atoms with Gasteiger partial charge in [-0.25, -0.2) is 0 Å². The molecular weight excluding hydrogens is 347 g/mol. The first-order chi connectivity index (χ1) is 8.11. The Bertz CT molecular complexity index is 464. The van der Waals surface area contributed by atoms with Crippen molar-refractivity contribution in [2.45, 2.75) is 18.9 Å². The summed E-state index contributed by atoms with van der Waals surface area (Å²) in [6.45, 7) is 0.742. The van der Waals surface area contributed by atoms with E-state index in [2.05, 4.69) is 22.6 Å². The van der Waals surface area contributed by atoms with E-state index >= 15 is 0 Å². The van der Waals surface area contributed by atoms with Gasteiger partial charge in [0.2, 0.25) is 0 Å². The third-order valence-corrected chi connectivity index (χ3v) is 4.16. The highest BCUT2D eigenvalue weighted by atomic mass is 127. The van der Waals surface area contributed by atoms with E-state index in [1.54, 1.807) is 4.90 Å². The highest BCUT2D eigenvalue weighted by Crippen LogP contribution is 2.22. The number of amides is 1. The molecule has 1 atom stereocenters. The first-order valence-electron chi connectivity index (χ1n) is 5.46. The van der Waals surface area contributed by atoms with Gasteiger partial charge in [0.15, 0.2) is 0 Å². The van der Waals surface area contributed by atoms with Crippen LogP contribution in [-0.4, -0.2) is 28.4 Å². The van der Waals surface area contributed by atoms with E-state index < -0.39 is 0 Å². The molecule has 2 rings (SSSR count). The van der Waals surface area contributed by atoms with E-state index in [1.807, 2.05) is 24.3 Å². The van der Waals surface area contributed by atoms with Gasteiger partial charge in [-0.15, -0.1) is 0 Å². The number of carbonyl (C=O) groups is 1. The van der Waals surface area contributed by atoms with Gasteiger partial charge in [0.25, 0.3) is 5.91 Å². The molecule has 1 unspecified atom stereocenters. The number of rotatable bonds is 2. The van der Waals surface area contributed by atoms with Crippen LogP contribution in [0.25, 0.3) is 0 Å². The van der Waals surface area contributed by atoms with E-state index in [-0.39, 0.29) is 11.9 Å². The van der Waals surface area contributed by atoms with Crippen molar-refractivity contribution in [3.05, 3.63) is 33.4 Å². The van der Waals surface area contributed by atoms with E-state index in [0.29, 0.717) is 4.99 Å². The molecule has 0 aliphatic carbocycles. The lowest BCUT2D eigenvalue weighted by Crippen LogP contribution is -2.43. The van der Waals surface area contributed by atoms with Crippen LogP contribution in [0.2, 0.25) is 0 Å².